The molecule has 0 unspecified atom stereocenters. The van der Waals surface area contributed by atoms with E-state index < -0.39 is 5.60 Å². The maximum atomic E-state index is 10.1. The summed E-state index contributed by atoms with van der Waals surface area (Å²) in [7, 11) is 1.58. The van der Waals surface area contributed by atoms with E-state index in [1.54, 1.807) is 7.11 Å². The lowest BCUT2D eigenvalue weighted by Crippen LogP contribution is -2.07. The highest BCUT2D eigenvalue weighted by atomic mass is 16.7. The molecule has 0 bridgehead atoms. The molecule has 4 heteroatoms. The number of hydrogen-bond acceptors (Lipinski definition) is 4. The number of hydrogen-bond donors (Lipinski definition) is 1. The number of aliphatic hydroxyl groups is 1. The molecule has 15 heavy (non-hydrogen) atoms. The van der Waals surface area contributed by atoms with E-state index in [-0.39, 0.29) is 6.79 Å². The summed E-state index contributed by atoms with van der Waals surface area (Å²) in [5.41, 5.74) is 0.0843. The molecule has 1 aliphatic heterocycles. The van der Waals surface area contributed by atoms with E-state index in [0.717, 1.165) is 18.4 Å². The van der Waals surface area contributed by atoms with E-state index in [9.17, 15) is 5.11 Å². The van der Waals surface area contributed by atoms with Gasteiger partial charge in [0, 0.05) is 5.56 Å². The Morgan fingerprint density at radius 3 is 2.80 bits per heavy atom. The molecule has 2 aliphatic rings. The fourth-order valence-corrected chi connectivity index (χ4v) is 1.90. The third-order valence-electron chi connectivity index (χ3n) is 2.92. The van der Waals surface area contributed by atoms with Crippen LogP contribution in [0.15, 0.2) is 12.1 Å². The lowest BCUT2D eigenvalue weighted by molar-refractivity contribution is 0.145. The number of rotatable bonds is 2. The standard InChI is InChI=1S/C11H12O4/c1-13-9-7(11(12)4-5-11)2-3-8-10(9)15-6-14-8/h2-3,12H,4-6H2,1H3. The van der Waals surface area contributed by atoms with Crippen LogP contribution in [-0.2, 0) is 5.60 Å². The van der Waals surface area contributed by atoms with Crippen molar-refractivity contribution in [1.29, 1.82) is 0 Å². The van der Waals surface area contributed by atoms with E-state index in [2.05, 4.69) is 0 Å². The van der Waals surface area contributed by atoms with Crippen molar-refractivity contribution < 1.29 is 19.3 Å². The lowest BCUT2D eigenvalue weighted by atomic mass is 10.1. The molecule has 1 aliphatic carbocycles. The van der Waals surface area contributed by atoms with Crippen molar-refractivity contribution in [3.05, 3.63) is 17.7 Å². The third-order valence-corrected chi connectivity index (χ3v) is 2.92. The molecule has 80 valence electrons. The van der Waals surface area contributed by atoms with Crippen LogP contribution in [0.3, 0.4) is 0 Å². The number of fused-ring (bicyclic) bond motifs is 1. The predicted molar refractivity (Wildman–Crippen MR) is 52.2 cm³/mol. The molecule has 1 aromatic carbocycles. The van der Waals surface area contributed by atoms with Crippen molar-refractivity contribution in [2.75, 3.05) is 13.9 Å². The summed E-state index contributed by atoms with van der Waals surface area (Å²) in [4.78, 5) is 0. The molecule has 3 rings (SSSR count). The van der Waals surface area contributed by atoms with Gasteiger partial charge in [0.2, 0.25) is 12.5 Å². The highest BCUT2D eigenvalue weighted by Gasteiger charge is 2.45. The summed E-state index contributed by atoms with van der Waals surface area (Å²) < 4.78 is 15.9. The van der Waals surface area contributed by atoms with Crippen molar-refractivity contribution in [3.8, 4) is 17.2 Å². The van der Waals surface area contributed by atoms with Crippen molar-refractivity contribution in [1.82, 2.24) is 0 Å². The van der Waals surface area contributed by atoms with Gasteiger partial charge in [0.05, 0.1) is 12.7 Å². The first-order valence-corrected chi connectivity index (χ1v) is 4.94. The molecule has 0 spiro atoms. The maximum Gasteiger partial charge on any atom is 0.231 e. The monoisotopic (exact) mass is 208 g/mol. The van der Waals surface area contributed by atoms with Crippen LogP contribution in [0, 0.1) is 0 Å². The second-order valence-corrected chi connectivity index (χ2v) is 3.91. The van der Waals surface area contributed by atoms with Crippen LogP contribution in [-0.4, -0.2) is 19.0 Å². The number of benzene rings is 1. The van der Waals surface area contributed by atoms with E-state index in [0.29, 0.717) is 17.2 Å². The summed E-state index contributed by atoms with van der Waals surface area (Å²) in [5.74, 6) is 1.89. The Bertz CT molecular complexity index is 409. The molecule has 0 saturated heterocycles. The molecule has 1 N–H and O–H groups in total. The molecule has 0 atom stereocenters. The summed E-state index contributed by atoms with van der Waals surface area (Å²) >= 11 is 0. The minimum absolute atomic E-state index is 0.216. The van der Waals surface area contributed by atoms with Gasteiger partial charge in [-0.2, -0.15) is 0 Å². The molecular formula is C11H12O4. The van der Waals surface area contributed by atoms with E-state index >= 15 is 0 Å². The van der Waals surface area contributed by atoms with Crippen molar-refractivity contribution in [2.24, 2.45) is 0 Å². The van der Waals surface area contributed by atoms with E-state index in [1.807, 2.05) is 12.1 Å². The number of ether oxygens (including phenoxy) is 3. The molecule has 4 nitrogen and oxygen atoms in total. The summed E-state index contributed by atoms with van der Waals surface area (Å²) in [6, 6.07) is 3.66. The minimum atomic E-state index is -0.716. The first-order valence-electron chi connectivity index (χ1n) is 4.94. The quantitative estimate of drug-likeness (QED) is 0.798. The second-order valence-electron chi connectivity index (χ2n) is 3.91. The predicted octanol–water partition coefficient (Wildman–Crippen LogP) is 1.41. The van der Waals surface area contributed by atoms with Gasteiger partial charge in [-0.3, -0.25) is 0 Å². The lowest BCUT2D eigenvalue weighted by Gasteiger charge is -2.14. The largest absolute Gasteiger partial charge is 0.492 e. The molecule has 0 radical (unpaired) electrons. The Hall–Kier alpha value is -1.42. The van der Waals surface area contributed by atoms with Gasteiger partial charge in [0.1, 0.15) is 0 Å². The van der Waals surface area contributed by atoms with Crippen molar-refractivity contribution in [3.63, 3.8) is 0 Å². The molecule has 0 aromatic heterocycles. The van der Waals surface area contributed by atoms with E-state index in [1.165, 1.54) is 0 Å². The zero-order chi connectivity index (χ0) is 10.5. The summed E-state index contributed by atoms with van der Waals surface area (Å²) in [6.07, 6.45) is 1.56. The summed E-state index contributed by atoms with van der Waals surface area (Å²) in [6.45, 7) is 0.216. The molecule has 1 fully saturated rings. The Kier molecular flexibility index (Phi) is 1.65. The summed E-state index contributed by atoms with van der Waals surface area (Å²) in [5, 5.41) is 10.1. The van der Waals surface area contributed by atoms with Gasteiger partial charge in [-0.25, -0.2) is 0 Å². The van der Waals surface area contributed by atoms with Crippen molar-refractivity contribution >= 4 is 0 Å². The van der Waals surface area contributed by atoms with Crippen LogP contribution < -0.4 is 14.2 Å². The fourth-order valence-electron chi connectivity index (χ4n) is 1.90. The van der Waals surface area contributed by atoms with Crippen LogP contribution in [0.1, 0.15) is 18.4 Å². The zero-order valence-electron chi connectivity index (χ0n) is 8.45. The first kappa shape index (κ1) is 8.85. The highest BCUT2D eigenvalue weighted by Crippen LogP contribution is 2.54. The van der Waals surface area contributed by atoms with Gasteiger partial charge < -0.3 is 19.3 Å². The highest BCUT2D eigenvalue weighted by molar-refractivity contribution is 5.59. The van der Waals surface area contributed by atoms with Gasteiger partial charge >= 0.3 is 0 Å². The SMILES string of the molecule is COc1c(C2(O)CC2)ccc2c1OCO2. The number of methoxy groups -OCH3 is 1. The third kappa shape index (κ3) is 1.18. The normalized spacial score (nSPS) is 20.1. The molecule has 1 saturated carbocycles. The molecular weight excluding hydrogens is 196 g/mol. The molecule has 1 heterocycles. The Morgan fingerprint density at radius 1 is 1.33 bits per heavy atom. The van der Waals surface area contributed by atoms with E-state index in [4.69, 9.17) is 14.2 Å². The van der Waals surface area contributed by atoms with Gasteiger partial charge in [-0.15, -0.1) is 0 Å². The smallest absolute Gasteiger partial charge is 0.231 e. The topological polar surface area (TPSA) is 47.9 Å². The fraction of sp³-hybridized carbons (Fsp3) is 0.455. The van der Waals surface area contributed by atoms with Crippen LogP contribution in [0.25, 0.3) is 0 Å². The van der Waals surface area contributed by atoms with Gasteiger partial charge in [0.15, 0.2) is 11.5 Å². The minimum Gasteiger partial charge on any atom is -0.492 e. The Morgan fingerprint density at radius 2 is 2.13 bits per heavy atom. The van der Waals surface area contributed by atoms with Crippen LogP contribution >= 0.6 is 0 Å². The van der Waals surface area contributed by atoms with Crippen LogP contribution in [0.5, 0.6) is 17.2 Å². The zero-order valence-corrected chi connectivity index (χ0v) is 8.45. The van der Waals surface area contributed by atoms with Gasteiger partial charge in [-0.05, 0) is 25.0 Å². The molecule has 0 amide bonds. The first-order chi connectivity index (χ1) is 7.24. The van der Waals surface area contributed by atoms with Crippen molar-refractivity contribution in [2.45, 2.75) is 18.4 Å². The average Bonchev–Trinajstić information content (AvgIpc) is 2.82. The second kappa shape index (κ2) is 2.79. The van der Waals surface area contributed by atoms with Gasteiger partial charge in [0.25, 0.3) is 0 Å². The molecule has 1 aromatic rings. The average molecular weight is 208 g/mol. The van der Waals surface area contributed by atoms with Crippen LogP contribution in [0.4, 0.5) is 0 Å². The van der Waals surface area contributed by atoms with Crippen LogP contribution in [0.2, 0.25) is 0 Å². The maximum absolute atomic E-state index is 10.1. The Balaban J connectivity index is 2.15. The Labute approximate surface area is 87.4 Å². The van der Waals surface area contributed by atoms with Gasteiger partial charge in [-0.1, -0.05) is 0 Å².